The molecule has 0 bridgehead atoms. The van der Waals surface area contributed by atoms with E-state index in [1.165, 1.54) is 41.7 Å². The minimum Gasteiger partial charge on any atom is -0.371 e. The monoisotopic (exact) mass is 310 g/mol. The predicted molar refractivity (Wildman–Crippen MR) is 82.1 cm³/mol. The van der Waals surface area contributed by atoms with Gasteiger partial charge in [-0.1, -0.05) is 35.8 Å². The molecule has 0 saturated carbocycles. The van der Waals surface area contributed by atoms with E-state index in [1.54, 1.807) is 0 Å². The van der Waals surface area contributed by atoms with Crippen molar-refractivity contribution in [3.63, 3.8) is 0 Å². The van der Waals surface area contributed by atoms with Gasteiger partial charge in [0.25, 0.3) is 0 Å². The number of rotatable bonds is 5. The van der Waals surface area contributed by atoms with Crippen molar-refractivity contribution in [3.05, 3.63) is 28.2 Å². The van der Waals surface area contributed by atoms with Crippen molar-refractivity contribution in [2.75, 3.05) is 24.5 Å². The molecule has 1 heterocycles. The van der Waals surface area contributed by atoms with E-state index in [-0.39, 0.29) is 0 Å². The van der Waals surface area contributed by atoms with Crippen LogP contribution in [0.5, 0.6) is 0 Å². The van der Waals surface area contributed by atoms with Crippen molar-refractivity contribution in [1.29, 1.82) is 0 Å². The Balaban J connectivity index is 2.07. The summed E-state index contributed by atoms with van der Waals surface area (Å²) in [6, 6.07) is 6.65. The Morgan fingerprint density at radius 3 is 2.67 bits per heavy atom. The molecule has 100 valence electrons. The molecule has 18 heavy (non-hydrogen) atoms. The molecule has 1 saturated heterocycles. The second-order valence-electron chi connectivity index (χ2n) is 5.49. The van der Waals surface area contributed by atoms with Crippen LogP contribution in [0.4, 0.5) is 5.69 Å². The number of nitrogens with zero attached hydrogens (tertiary/aromatic N) is 1. The summed E-state index contributed by atoms with van der Waals surface area (Å²) in [5, 5.41) is 3.54. The van der Waals surface area contributed by atoms with Crippen molar-refractivity contribution in [2.45, 2.75) is 33.2 Å². The first-order valence-corrected chi connectivity index (χ1v) is 7.70. The summed E-state index contributed by atoms with van der Waals surface area (Å²) >= 11 is 3.59. The maximum Gasteiger partial charge on any atom is 0.0423 e. The lowest BCUT2D eigenvalue weighted by atomic mass is 10.1. The van der Waals surface area contributed by atoms with E-state index < -0.39 is 0 Å². The van der Waals surface area contributed by atoms with Crippen molar-refractivity contribution in [1.82, 2.24) is 5.32 Å². The van der Waals surface area contributed by atoms with Gasteiger partial charge in [0, 0.05) is 29.8 Å². The van der Waals surface area contributed by atoms with Crippen LogP contribution in [0.25, 0.3) is 0 Å². The number of anilines is 1. The molecule has 0 atom stereocenters. The van der Waals surface area contributed by atoms with Crippen LogP contribution in [-0.2, 0) is 6.54 Å². The van der Waals surface area contributed by atoms with Gasteiger partial charge < -0.3 is 10.2 Å². The van der Waals surface area contributed by atoms with Gasteiger partial charge in [-0.3, -0.25) is 0 Å². The lowest BCUT2D eigenvalue weighted by Gasteiger charge is -2.22. The first-order valence-electron chi connectivity index (χ1n) is 6.91. The quantitative estimate of drug-likeness (QED) is 0.890. The maximum absolute atomic E-state index is 3.59. The highest BCUT2D eigenvalue weighted by Gasteiger charge is 2.15. The van der Waals surface area contributed by atoms with Crippen LogP contribution in [0.3, 0.4) is 0 Å². The van der Waals surface area contributed by atoms with Crippen LogP contribution < -0.4 is 10.2 Å². The van der Waals surface area contributed by atoms with Gasteiger partial charge in [0.05, 0.1) is 0 Å². The fraction of sp³-hybridized carbons (Fsp3) is 0.600. The fourth-order valence-electron chi connectivity index (χ4n) is 2.43. The van der Waals surface area contributed by atoms with E-state index >= 15 is 0 Å². The summed E-state index contributed by atoms with van der Waals surface area (Å²) in [5.41, 5.74) is 2.82. The lowest BCUT2D eigenvalue weighted by Crippen LogP contribution is -2.23. The van der Waals surface area contributed by atoms with E-state index in [9.17, 15) is 0 Å². The molecule has 0 unspecified atom stereocenters. The molecule has 1 fully saturated rings. The number of halogens is 1. The van der Waals surface area contributed by atoms with Crippen LogP contribution in [0.15, 0.2) is 22.7 Å². The molecule has 0 aliphatic carbocycles. The normalized spacial score (nSPS) is 15.7. The molecule has 2 nitrogen and oxygen atoms in total. The molecule has 1 aliphatic rings. The standard InChI is InChI=1S/C15H23BrN2/c1-12(2)10-17-11-13-5-6-14(16)9-15(13)18-7-3-4-8-18/h5-6,9,12,17H,3-4,7-8,10-11H2,1-2H3. The average molecular weight is 311 g/mol. The Morgan fingerprint density at radius 1 is 1.28 bits per heavy atom. The van der Waals surface area contributed by atoms with E-state index in [2.05, 4.69) is 58.2 Å². The number of hydrogen-bond donors (Lipinski definition) is 1. The van der Waals surface area contributed by atoms with Crippen LogP contribution >= 0.6 is 15.9 Å². The van der Waals surface area contributed by atoms with Gasteiger partial charge in [0.2, 0.25) is 0 Å². The van der Waals surface area contributed by atoms with Crippen molar-refractivity contribution < 1.29 is 0 Å². The Bertz CT molecular complexity index is 384. The van der Waals surface area contributed by atoms with Crippen molar-refractivity contribution in [2.24, 2.45) is 5.92 Å². The molecular weight excluding hydrogens is 288 g/mol. The van der Waals surface area contributed by atoms with Crippen LogP contribution in [0.2, 0.25) is 0 Å². The highest BCUT2D eigenvalue weighted by molar-refractivity contribution is 9.10. The van der Waals surface area contributed by atoms with E-state index in [0.29, 0.717) is 5.92 Å². The van der Waals surface area contributed by atoms with Gasteiger partial charge >= 0.3 is 0 Å². The third-order valence-electron chi connectivity index (χ3n) is 3.36. The zero-order valence-corrected chi connectivity index (χ0v) is 13.0. The molecule has 2 rings (SSSR count). The summed E-state index contributed by atoms with van der Waals surface area (Å²) < 4.78 is 1.18. The Labute approximate surface area is 119 Å². The van der Waals surface area contributed by atoms with Crippen molar-refractivity contribution in [3.8, 4) is 0 Å². The highest BCUT2D eigenvalue weighted by atomic mass is 79.9. The van der Waals surface area contributed by atoms with Crippen molar-refractivity contribution >= 4 is 21.6 Å². The molecule has 1 aromatic carbocycles. The van der Waals surface area contributed by atoms with Crippen LogP contribution in [-0.4, -0.2) is 19.6 Å². The molecule has 1 N–H and O–H groups in total. The fourth-order valence-corrected chi connectivity index (χ4v) is 2.78. The smallest absolute Gasteiger partial charge is 0.0423 e. The SMILES string of the molecule is CC(C)CNCc1ccc(Br)cc1N1CCCC1. The molecule has 0 aromatic heterocycles. The number of benzene rings is 1. The van der Waals surface area contributed by atoms with Gasteiger partial charge in [-0.15, -0.1) is 0 Å². The van der Waals surface area contributed by atoms with E-state index in [4.69, 9.17) is 0 Å². The summed E-state index contributed by atoms with van der Waals surface area (Å²) in [6.45, 7) is 8.94. The number of nitrogens with one attached hydrogen (secondary N) is 1. The predicted octanol–water partition coefficient (Wildman–Crippen LogP) is 3.79. The third-order valence-corrected chi connectivity index (χ3v) is 3.86. The molecule has 3 heteroatoms. The average Bonchev–Trinajstić information content (AvgIpc) is 2.84. The first-order chi connectivity index (χ1) is 8.66. The largest absolute Gasteiger partial charge is 0.371 e. The molecule has 0 amide bonds. The lowest BCUT2D eigenvalue weighted by molar-refractivity contribution is 0.552. The van der Waals surface area contributed by atoms with Gasteiger partial charge in [-0.05, 0) is 43.0 Å². The molecular formula is C15H23BrN2. The second-order valence-corrected chi connectivity index (χ2v) is 6.41. The molecule has 1 aliphatic heterocycles. The molecule has 1 aromatic rings. The summed E-state index contributed by atoms with van der Waals surface area (Å²) in [6.07, 6.45) is 2.65. The summed E-state index contributed by atoms with van der Waals surface area (Å²) in [5.74, 6) is 0.704. The minimum atomic E-state index is 0.704. The maximum atomic E-state index is 3.59. The number of hydrogen-bond acceptors (Lipinski definition) is 2. The zero-order valence-electron chi connectivity index (χ0n) is 11.4. The van der Waals surface area contributed by atoms with Gasteiger partial charge in [-0.2, -0.15) is 0 Å². The summed E-state index contributed by atoms with van der Waals surface area (Å²) in [4.78, 5) is 2.51. The van der Waals surface area contributed by atoms with Gasteiger partial charge in [0.15, 0.2) is 0 Å². The molecule has 0 radical (unpaired) electrons. The first kappa shape index (κ1) is 13.9. The highest BCUT2D eigenvalue weighted by Crippen LogP contribution is 2.28. The van der Waals surface area contributed by atoms with Gasteiger partial charge in [0.1, 0.15) is 0 Å². The Morgan fingerprint density at radius 2 is 2.00 bits per heavy atom. The van der Waals surface area contributed by atoms with Crippen LogP contribution in [0, 0.1) is 5.92 Å². The third kappa shape index (κ3) is 3.72. The van der Waals surface area contributed by atoms with Crippen LogP contribution in [0.1, 0.15) is 32.3 Å². The summed E-state index contributed by atoms with van der Waals surface area (Å²) in [7, 11) is 0. The molecule has 0 spiro atoms. The minimum absolute atomic E-state index is 0.704. The second kappa shape index (κ2) is 6.58. The van der Waals surface area contributed by atoms with E-state index in [1.807, 2.05) is 0 Å². The van der Waals surface area contributed by atoms with Gasteiger partial charge in [-0.25, -0.2) is 0 Å². The Hall–Kier alpha value is -0.540. The van der Waals surface area contributed by atoms with E-state index in [0.717, 1.165) is 13.1 Å². The zero-order chi connectivity index (χ0) is 13.0. The Kier molecular flexibility index (Phi) is 5.07. The topological polar surface area (TPSA) is 15.3 Å².